The molecule has 0 atom stereocenters. The Hall–Kier alpha value is -1.87. The highest BCUT2D eigenvalue weighted by Gasteiger charge is 2.01. The van der Waals surface area contributed by atoms with Crippen molar-refractivity contribution in [2.45, 2.75) is 9.79 Å². The standard InChI is InChI=1S/C15H10FNS/c16-15-10-14(7-8-17-15)18-13-6-5-11-3-1-2-4-12(11)9-13/h1-10H. The Morgan fingerprint density at radius 3 is 2.44 bits per heavy atom. The van der Waals surface area contributed by atoms with E-state index in [0.29, 0.717) is 0 Å². The molecule has 0 saturated carbocycles. The van der Waals surface area contributed by atoms with E-state index in [1.165, 1.54) is 34.8 Å². The maximum Gasteiger partial charge on any atom is 0.213 e. The highest BCUT2D eigenvalue weighted by molar-refractivity contribution is 7.99. The zero-order chi connectivity index (χ0) is 12.4. The number of hydrogen-bond acceptors (Lipinski definition) is 2. The average molecular weight is 255 g/mol. The molecule has 88 valence electrons. The summed E-state index contributed by atoms with van der Waals surface area (Å²) in [6.07, 6.45) is 1.48. The van der Waals surface area contributed by atoms with Crippen molar-refractivity contribution in [2.75, 3.05) is 0 Å². The van der Waals surface area contributed by atoms with Crippen molar-refractivity contribution in [1.29, 1.82) is 0 Å². The molecule has 1 aromatic heterocycles. The lowest BCUT2D eigenvalue weighted by atomic mass is 10.1. The van der Waals surface area contributed by atoms with E-state index in [0.717, 1.165) is 9.79 Å². The Balaban J connectivity index is 1.95. The number of nitrogens with zero attached hydrogens (tertiary/aromatic N) is 1. The van der Waals surface area contributed by atoms with Gasteiger partial charge in [-0.05, 0) is 29.0 Å². The molecule has 3 rings (SSSR count). The first-order chi connectivity index (χ1) is 8.81. The molecule has 1 nitrogen and oxygen atoms in total. The zero-order valence-corrected chi connectivity index (χ0v) is 10.3. The van der Waals surface area contributed by atoms with Crippen LogP contribution in [0.2, 0.25) is 0 Å². The third-order valence-electron chi connectivity index (χ3n) is 2.65. The van der Waals surface area contributed by atoms with E-state index in [1.807, 2.05) is 24.3 Å². The number of aromatic nitrogens is 1. The van der Waals surface area contributed by atoms with Crippen LogP contribution in [0.15, 0.2) is 70.6 Å². The molecule has 0 saturated heterocycles. The minimum atomic E-state index is -0.444. The minimum absolute atomic E-state index is 0.444. The minimum Gasteiger partial charge on any atom is -0.228 e. The van der Waals surface area contributed by atoms with Crippen LogP contribution >= 0.6 is 11.8 Å². The van der Waals surface area contributed by atoms with E-state index in [9.17, 15) is 4.39 Å². The third-order valence-corrected chi connectivity index (χ3v) is 3.63. The van der Waals surface area contributed by atoms with Crippen LogP contribution < -0.4 is 0 Å². The fourth-order valence-corrected chi connectivity index (χ4v) is 2.69. The van der Waals surface area contributed by atoms with Crippen molar-refractivity contribution in [3.8, 4) is 0 Å². The predicted molar refractivity (Wildman–Crippen MR) is 72.3 cm³/mol. The highest BCUT2D eigenvalue weighted by Crippen LogP contribution is 2.29. The van der Waals surface area contributed by atoms with E-state index < -0.39 is 5.95 Å². The van der Waals surface area contributed by atoms with E-state index in [1.54, 1.807) is 0 Å². The molecule has 0 unspecified atom stereocenters. The number of benzene rings is 2. The molecule has 0 amide bonds. The van der Waals surface area contributed by atoms with Gasteiger partial charge in [0.25, 0.3) is 0 Å². The smallest absolute Gasteiger partial charge is 0.213 e. The molecular formula is C15H10FNS. The first-order valence-electron chi connectivity index (χ1n) is 5.59. The van der Waals surface area contributed by atoms with Crippen LogP contribution in [-0.2, 0) is 0 Å². The molecule has 0 spiro atoms. The van der Waals surface area contributed by atoms with Crippen LogP contribution in [0.3, 0.4) is 0 Å². The monoisotopic (exact) mass is 255 g/mol. The second-order valence-electron chi connectivity index (χ2n) is 3.93. The van der Waals surface area contributed by atoms with Crippen LogP contribution in [0, 0.1) is 5.95 Å². The van der Waals surface area contributed by atoms with Crippen LogP contribution in [-0.4, -0.2) is 4.98 Å². The Labute approximate surface area is 109 Å². The van der Waals surface area contributed by atoms with Crippen molar-refractivity contribution >= 4 is 22.5 Å². The van der Waals surface area contributed by atoms with E-state index in [-0.39, 0.29) is 0 Å². The predicted octanol–water partition coefficient (Wildman–Crippen LogP) is 4.53. The van der Waals surface area contributed by atoms with Crippen LogP contribution in [0.1, 0.15) is 0 Å². The number of halogens is 1. The normalized spacial score (nSPS) is 10.7. The fraction of sp³-hybridized carbons (Fsp3) is 0. The summed E-state index contributed by atoms with van der Waals surface area (Å²) < 4.78 is 13.0. The SMILES string of the molecule is Fc1cc(Sc2ccc3ccccc3c2)ccn1. The zero-order valence-electron chi connectivity index (χ0n) is 9.51. The van der Waals surface area contributed by atoms with E-state index in [4.69, 9.17) is 0 Å². The maximum atomic E-state index is 13.0. The van der Waals surface area contributed by atoms with Gasteiger partial charge in [-0.1, -0.05) is 42.1 Å². The van der Waals surface area contributed by atoms with Crippen LogP contribution in [0.25, 0.3) is 10.8 Å². The molecule has 0 aliphatic rings. The molecule has 3 heteroatoms. The number of pyridine rings is 1. The lowest BCUT2D eigenvalue weighted by Gasteiger charge is -2.03. The van der Waals surface area contributed by atoms with Gasteiger partial charge in [0.2, 0.25) is 5.95 Å². The topological polar surface area (TPSA) is 12.9 Å². The van der Waals surface area contributed by atoms with Gasteiger partial charge in [-0.25, -0.2) is 4.98 Å². The van der Waals surface area contributed by atoms with Crippen molar-refractivity contribution < 1.29 is 4.39 Å². The van der Waals surface area contributed by atoms with Crippen molar-refractivity contribution in [2.24, 2.45) is 0 Å². The molecule has 1 heterocycles. The summed E-state index contributed by atoms with van der Waals surface area (Å²) >= 11 is 1.54. The van der Waals surface area contributed by atoms with Crippen molar-refractivity contribution in [3.63, 3.8) is 0 Å². The second-order valence-corrected chi connectivity index (χ2v) is 5.07. The lowest BCUT2D eigenvalue weighted by molar-refractivity contribution is 0.579. The molecule has 2 aromatic carbocycles. The molecular weight excluding hydrogens is 245 g/mol. The summed E-state index contributed by atoms with van der Waals surface area (Å²) in [5.74, 6) is -0.444. The Bertz CT molecular complexity index is 697. The summed E-state index contributed by atoms with van der Waals surface area (Å²) in [6, 6.07) is 17.7. The Kier molecular flexibility index (Phi) is 2.99. The lowest BCUT2D eigenvalue weighted by Crippen LogP contribution is -1.81. The Morgan fingerprint density at radius 2 is 1.61 bits per heavy atom. The number of hydrogen-bond donors (Lipinski definition) is 0. The molecule has 0 radical (unpaired) electrons. The van der Waals surface area contributed by atoms with E-state index >= 15 is 0 Å². The van der Waals surface area contributed by atoms with Gasteiger partial charge in [-0.3, -0.25) is 0 Å². The number of rotatable bonds is 2. The van der Waals surface area contributed by atoms with Gasteiger partial charge in [0, 0.05) is 22.1 Å². The summed E-state index contributed by atoms with van der Waals surface area (Å²) in [5.41, 5.74) is 0. The molecule has 18 heavy (non-hydrogen) atoms. The van der Waals surface area contributed by atoms with Gasteiger partial charge in [0.1, 0.15) is 0 Å². The molecule has 0 aliphatic heterocycles. The van der Waals surface area contributed by atoms with Crippen LogP contribution in [0.5, 0.6) is 0 Å². The Morgan fingerprint density at radius 1 is 0.833 bits per heavy atom. The first-order valence-corrected chi connectivity index (χ1v) is 6.41. The van der Waals surface area contributed by atoms with Crippen molar-refractivity contribution in [1.82, 2.24) is 4.98 Å². The summed E-state index contributed by atoms with van der Waals surface area (Å²) in [5, 5.41) is 2.40. The van der Waals surface area contributed by atoms with Gasteiger partial charge in [0.15, 0.2) is 0 Å². The average Bonchev–Trinajstić information content (AvgIpc) is 2.39. The quantitative estimate of drug-likeness (QED) is 0.624. The van der Waals surface area contributed by atoms with Crippen LogP contribution in [0.4, 0.5) is 4.39 Å². The molecule has 0 N–H and O–H groups in total. The molecule has 3 aromatic rings. The fourth-order valence-electron chi connectivity index (χ4n) is 1.82. The van der Waals surface area contributed by atoms with Gasteiger partial charge in [-0.15, -0.1) is 0 Å². The first kappa shape index (κ1) is 11.2. The van der Waals surface area contributed by atoms with Gasteiger partial charge < -0.3 is 0 Å². The maximum absolute atomic E-state index is 13.0. The number of fused-ring (bicyclic) bond motifs is 1. The summed E-state index contributed by atoms with van der Waals surface area (Å²) in [6.45, 7) is 0. The van der Waals surface area contributed by atoms with E-state index in [2.05, 4.69) is 29.2 Å². The highest BCUT2D eigenvalue weighted by atomic mass is 32.2. The molecule has 0 bridgehead atoms. The summed E-state index contributed by atoms with van der Waals surface area (Å²) in [4.78, 5) is 5.51. The van der Waals surface area contributed by atoms with Gasteiger partial charge >= 0.3 is 0 Å². The van der Waals surface area contributed by atoms with Gasteiger partial charge in [0.05, 0.1) is 0 Å². The largest absolute Gasteiger partial charge is 0.228 e. The third kappa shape index (κ3) is 2.36. The summed E-state index contributed by atoms with van der Waals surface area (Å²) in [7, 11) is 0. The van der Waals surface area contributed by atoms with Gasteiger partial charge in [-0.2, -0.15) is 4.39 Å². The molecule has 0 fully saturated rings. The second kappa shape index (κ2) is 4.78. The molecule has 0 aliphatic carbocycles. The van der Waals surface area contributed by atoms with Crippen molar-refractivity contribution in [3.05, 3.63) is 66.7 Å².